The molecular formula is N7O21OsRh. The first kappa shape index (κ1) is 56.2. The van der Waals surface area contributed by atoms with E-state index in [4.69, 9.17) is 107 Å². The van der Waals surface area contributed by atoms with Crippen molar-refractivity contribution >= 4 is 0 Å². The second-order valence-corrected chi connectivity index (χ2v) is 1.57. The molecule has 0 rings (SSSR count). The molecule has 0 aromatic rings. The van der Waals surface area contributed by atoms with Crippen LogP contribution in [-0.2, 0) is 39.3 Å². The summed E-state index contributed by atoms with van der Waals surface area (Å²) in [5, 5.41) is 103. The van der Waals surface area contributed by atoms with E-state index in [0.29, 0.717) is 0 Å². The summed E-state index contributed by atoms with van der Waals surface area (Å²) in [4.78, 5) is 57.8. The van der Waals surface area contributed by atoms with Gasteiger partial charge >= 0.3 is 39.3 Å². The zero-order chi connectivity index (χ0) is 25.0. The molecule has 0 atom stereocenters. The van der Waals surface area contributed by atoms with Crippen LogP contribution in [0.2, 0.25) is 0 Å². The van der Waals surface area contributed by atoms with Gasteiger partial charge in [0.15, 0.2) is 0 Å². The first-order valence-electron chi connectivity index (χ1n) is 3.83. The molecule has 0 radical (unpaired) electrons. The zero-order valence-electron chi connectivity index (χ0n) is 12.4. The molecule has 0 heterocycles. The molecule has 0 aliphatic heterocycles. The predicted octanol–water partition coefficient (Wildman–Crippen LogP) is -1.68. The number of hydrogen-bond acceptors (Lipinski definition) is 21. The van der Waals surface area contributed by atoms with Gasteiger partial charge in [-0.25, -0.2) is 0 Å². The summed E-state index contributed by atoms with van der Waals surface area (Å²) in [6.07, 6.45) is 0. The molecule has 30 heteroatoms. The van der Waals surface area contributed by atoms with Crippen LogP contribution in [0.1, 0.15) is 0 Å². The third-order valence-corrected chi connectivity index (χ3v) is 0. The summed E-state index contributed by atoms with van der Waals surface area (Å²) >= 11 is 0. The normalized spacial score (nSPS) is 5.60. The third kappa shape index (κ3) is 645. The Hall–Kier alpha value is -4.34. The first-order chi connectivity index (χ1) is 12.1. The molecule has 0 amide bonds. The van der Waals surface area contributed by atoms with Crippen molar-refractivity contribution < 1.29 is 74.9 Å². The zero-order valence-corrected chi connectivity index (χ0v) is 16.6. The van der Waals surface area contributed by atoms with Gasteiger partial charge in [0.1, 0.15) is 0 Å². The van der Waals surface area contributed by atoms with Crippen molar-refractivity contribution in [1.82, 2.24) is 0 Å². The fourth-order valence-corrected chi connectivity index (χ4v) is 0. The summed E-state index contributed by atoms with van der Waals surface area (Å²) in [7, 11) is 0. The molecule has 0 unspecified atom stereocenters. The maximum atomic E-state index is 8.25. The van der Waals surface area contributed by atoms with Crippen molar-refractivity contribution in [2.45, 2.75) is 0 Å². The molecule has 0 fully saturated rings. The van der Waals surface area contributed by atoms with Crippen LogP contribution in [0, 0.1) is 107 Å². The van der Waals surface area contributed by atoms with Crippen molar-refractivity contribution in [2.24, 2.45) is 0 Å². The van der Waals surface area contributed by atoms with Gasteiger partial charge in [-0.3, -0.25) is 0 Å². The van der Waals surface area contributed by atoms with Gasteiger partial charge in [0, 0.05) is 0 Å². The van der Waals surface area contributed by atoms with E-state index in [-0.39, 0.29) is 39.3 Å². The second kappa shape index (κ2) is 49.7. The Kier molecular flexibility index (Phi) is 93.2. The Morgan fingerprint density at radius 2 is 0.267 bits per heavy atom. The van der Waals surface area contributed by atoms with E-state index in [1.807, 2.05) is 0 Å². The van der Waals surface area contributed by atoms with Crippen LogP contribution in [0.3, 0.4) is 0 Å². The molecule has 0 bridgehead atoms. The molecule has 0 N–H and O–H groups in total. The first-order valence-corrected chi connectivity index (χ1v) is 3.83. The van der Waals surface area contributed by atoms with Crippen molar-refractivity contribution in [3.8, 4) is 0 Å². The van der Waals surface area contributed by atoms with Crippen molar-refractivity contribution in [2.75, 3.05) is 0 Å². The summed E-state index contributed by atoms with van der Waals surface area (Å²) in [5.41, 5.74) is 0. The van der Waals surface area contributed by atoms with Crippen LogP contribution in [-0.4, -0.2) is 35.6 Å². The molecule has 0 aliphatic rings. The summed E-state index contributed by atoms with van der Waals surface area (Å²) < 4.78 is 0. The van der Waals surface area contributed by atoms with Gasteiger partial charge in [-0.2, -0.15) is 0 Å². The van der Waals surface area contributed by atoms with Gasteiger partial charge in [0.2, 0.25) is 0 Å². The summed E-state index contributed by atoms with van der Waals surface area (Å²) in [6, 6.07) is 0. The van der Waals surface area contributed by atoms with Gasteiger partial charge in [0.25, 0.3) is 0 Å². The molecule has 0 aliphatic carbocycles. The Bertz CT molecular complexity index is 314. The number of rotatable bonds is 0. The van der Waals surface area contributed by atoms with Crippen molar-refractivity contribution in [3.05, 3.63) is 107 Å². The van der Waals surface area contributed by atoms with E-state index in [1.165, 1.54) is 0 Å². The van der Waals surface area contributed by atoms with E-state index in [1.54, 1.807) is 0 Å². The topological polar surface area (TPSA) is 463 Å². The molecule has 0 aromatic heterocycles. The van der Waals surface area contributed by atoms with Gasteiger partial charge in [-0.15, -0.1) is 0 Å². The minimum atomic E-state index is -1.75. The van der Waals surface area contributed by atoms with Gasteiger partial charge in [-0.05, 0) is 0 Å². The maximum Gasteiger partial charge on any atom is 4.00 e. The van der Waals surface area contributed by atoms with E-state index in [0.717, 1.165) is 0 Å². The minimum Gasteiger partial charge on any atom is -0.356 e. The molecule has 0 saturated carbocycles. The maximum absolute atomic E-state index is 8.25. The van der Waals surface area contributed by atoms with Crippen LogP contribution in [0.5, 0.6) is 0 Å². The van der Waals surface area contributed by atoms with E-state index >= 15 is 0 Å². The average molecular weight is 727 g/mol. The third-order valence-electron chi connectivity index (χ3n) is 0. The predicted molar refractivity (Wildman–Crippen MR) is 72.5 cm³/mol. The molecule has 0 spiro atoms. The van der Waals surface area contributed by atoms with Gasteiger partial charge in [-0.1, -0.05) is 0 Å². The van der Waals surface area contributed by atoms with Gasteiger partial charge in [0.05, 0.1) is 35.6 Å². The van der Waals surface area contributed by atoms with Crippen molar-refractivity contribution in [1.29, 1.82) is 0 Å². The molecule has 0 aromatic carbocycles. The van der Waals surface area contributed by atoms with Crippen molar-refractivity contribution in [3.63, 3.8) is 0 Å². The SMILES string of the molecule is O=[N+]([O-])[O-].O=[N+]([O-])[O-].O=[N+]([O-])[O-].O=[N+]([O-])[O-].O=[N+]([O-])[O-].O=[N+]([O-])[O-].O=[N+]([O-])[O-].[Os+4].[Rh+3]. The summed E-state index contributed by atoms with van der Waals surface area (Å²) in [6.45, 7) is 0. The molecule has 28 nitrogen and oxygen atoms in total. The Morgan fingerprint density at radius 3 is 0.267 bits per heavy atom. The van der Waals surface area contributed by atoms with Crippen LogP contribution < -0.4 is 0 Å². The Labute approximate surface area is 182 Å². The monoisotopic (exact) mass is 729 g/mol. The fraction of sp³-hybridized carbons (Fsp3) is 0. The largest absolute Gasteiger partial charge is 4.00 e. The van der Waals surface area contributed by atoms with Crippen LogP contribution in [0.15, 0.2) is 0 Å². The molecular weight excluding hydrogens is 727 g/mol. The summed E-state index contributed by atoms with van der Waals surface area (Å²) in [5.74, 6) is 0. The fourth-order valence-electron chi connectivity index (χ4n) is 0. The smallest absolute Gasteiger partial charge is 0.356 e. The number of hydrogen-bond donors (Lipinski definition) is 0. The molecule has 30 heavy (non-hydrogen) atoms. The van der Waals surface area contributed by atoms with Gasteiger partial charge < -0.3 is 107 Å². The Balaban J connectivity index is -0.0000000242. The molecule has 178 valence electrons. The standard InChI is InChI=1S/7NO3.Os.Rh/c7*2-1(3)4;;/q7*-1;+4;+3. The average Bonchev–Trinajstić information content (AvgIpc) is 2.20. The minimum absolute atomic E-state index is 0. The quantitative estimate of drug-likeness (QED) is 0.153. The Morgan fingerprint density at radius 1 is 0.267 bits per heavy atom. The van der Waals surface area contributed by atoms with Crippen LogP contribution >= 0.6 is 0 Å². The second-order valence-electron chi connectivity index (χ2n) is 1.57. The van der Waals surface area contributed by atoms with E-state index in [2.05, 4.69) is 0 Å². The van der Waals surface area contributed by atoms with E-state index in [9.17, 15) is 0 Å². The number of nitrogens with zero attached hydrogens (tertiary/aromatic N) is 7. The van der Waals surface area contributed by atoms with E-state index < -0.39 is 35.6 Å². The van der Waals surface area contributed by atoms with Crippen LogP contribution in [0.25, 0.3) is 0 Å². The molecule has 0 saturated heterocycles. The van der Waals surface area contributed by atoms with Crippen LogP contribution in [0.4, 0.5) is 0 Å².